The van der Waals surface area contributed by atoms with Gasteiger partial charge in [-0.1, -0.05) is 23.5 Å². The summed E-state index contributed by atoms with van der Waals surface area (Å²) in [7, 11) is 1.63. The zero-order valence-electron chi connectivity index (χ0n) is 13.9. The Balaban J connectivity index is 1.58. The highest BCUT2D eigenvalue weighted by Gasteiger charge is 2.11. The van der Waals surface area contributed by atoms with Gasteiger partial charge in [-0.25, -0.2) is 15.0 Å². The van der Waals surface area contributed by atoms with Crippen LogP contribution in [0.15, 0.2) is 54.9 Å². The maximum absolute atomic E-state index is 6.23. The zero-order valence-corrected chi connectivity index (χ0v) is 14.7. The summed E-state index contributed by atoms with van der Waals surface area (Å²) < 4.78 is 6.26. The fourth-order valence-electron chi connectivity index (χ4n) is 2.43. The number of nitrogens with zero attached hydrogens (tertiary/aromatic N) is 3. The summed E-state index contributed by atoms with van der Waals surface area (Å²) in [4.78, 5) is 13.0. The molecule has 0 radical (unpaired) electrons. The second-order valence-corrected chi connectivity index (χ2v) is 6.48. The Labute approximate surface area is 153 Å². The Morgan fingerprint density at radius 3 is 2.42 bits per heavy atom. The number of hydrogen-bond donors (Lipinski definition) is 3. The number of para-hydroxylation sites is 1. The number of thiazole rings is 1. The zero-order chi connectivity index (χ0) is 17.9. The number of nitrogen functional groups attached to an aromatic ring is 1. The standard InChI is InChI=1S/C18H16N6OS/c1-25-12-8-6-11(7-9-12)22-16-15(19)17(21-10-20-16)24-18-23-13-4-2-3-5-14(13)26-18/h2-10H,19H2,1H3,(H2,20,21,22,23,24). The van der Waals surface area contributed by atoms with Crippen LogP contribution in [0.4, 0.5) is 28.1 Å². The third-order valence-corrected chi connectivity index (χ3v) is 4.71. The lowest BCUT2D eigenvalue weighted by atomic mass is 10.3. The van der Waals surface area contributed by atoms with Crippen molar-refractivity contribution >= 4 is 49.7 Å². The molecule has 2 heterocycles. The van der Waals surface area contributed by atoms with Gasteiger partial charge in [-0.05, 0) is 36.4 Å². The van der Waals surface area contributed by atoms with E-state index in [-0.39, 0.29) is 0 Å². The number of hydrogen-bond acceptors (Lipinski definition) is 8. The minimum atomic E-state index is 0.419. The highest BCUT2D eigenvalue weighted by atomic mass is 32.1. The van der Waals surface area contributed by atoms with E-state index in [1.807, 2.05) is 48.5 Å². The van der Waals surface area contributed by atoms with Gasteiger partial charge in [-0.3, -0.25) is 0 Å². The Bertz CT molecular complexity index is 1010. The van der Waals surface area contributed by atoms with Crippen molar-refractivity contribution in [3.63, 3.8) is 0 Å². The van der Waals surface area contributed by atoms with Crippen molar-refractivity contribution in [1.29, 1.82) is 0 Å². The molecule has 0 saturated heterocycles. The van der Waals surface area contributed by atoms with Gasteiger partial charge in [0.1, 0.15) is 17.8 Å². The molecule has 0 aliphatic carbocycles. The molecule has 4 rings (SSSR count). The molecule has 26 heavy (non-hydrogen) atoms. The van der Waals surface area contributed by atoms with Crippen LogP contribution in [-0.4, -0.2) is 22.1 Å². The van der Waals surface area contributed by atoms with Crippen LogP contribution in [-0.2, 0) is 0 Å². The van der Waals surface area contributed by atoms with Crippen LogP contribution < -0.4 is 21.1 Å². The van der Waals surface area contributed by atoms with E-state index in [0.29, 0.717) is 17.3 Å². The van der Waals surface area contributed by atoms with Crippen LogP contribution >= 0.6 is 11.3 Å². The maximum Gasteiger partial charge on any atom is 0.189 e. The van der Waals surface area contributed by atoms with Gasteiger partial charge >= 0.3 is 0 Å². The van der Waals surface area contributed by atoms with Gasteiger partial charge in [0.2, 0.25) is 0 Å². The van der Waals surface area contributed by atoms with E-state index in [4.69, 9.17) is 10.5 Å². The van der Waals surface area contributed by atoms with E-state index in [1.54, 1.807) is 18.4 Å². The molecule has 0 spiro atoms. The maximum atomic E-state index is 6.23. The number of aromatic nitrogens is 3. The SMILES string of the molecule is COc1ccc(Nc2ncnc(Nc3nc4ccccc4s3)c2N)cc1. The summed E-state index contributed by atoms with van der Waals surface area (Å²) in [6.07, 6.45) is 1.46. The van der Waals surface area contributed by atoms with E-state index >= 15 is 0 Å². The summed E-state index contributed by atoms with van der Waals surface area (Å²) in [5.74, 6) is 1.81. The first kappa shape index (κ1) is 16.1. The number of nitrogens with two attached hydrogens (primary N) is 1. The molecule has 0 bridgehead atoms. The molecule has 0 aliphatic rings. The highest BCUT2D eigenvalue weighted by molar-refractivity contribution is 7.22. The third kappa shape index (κ3) is 3.22. The van der Waals surface area contributed by atoms with Crippen molar-refractivity contribution in [1.82, 2.24) is 15.0 Å². The molecule has 2 aromatic carbocycles. The van der Waals surface area contributed by atoms with Crippen molar-refractivity contribution in [2.45, 2.75) is 0 Å². The lowest BCUT2D eigenvalue weighted by molar-refractivity contribution is 0.415. The van der Waals surface area contributed by atoms with Gasteiger partial charge in [0, 0.05) is 5.69 Å². The van der Waals surface area contributed by atoms with Crippen LogP contribution in [0.25, 0.3) is 10.2 Å². The predicted molar refractivity (Wildman–Crippen MR) is 106 cm³/mol. The van der Waals surface area contributed by atoms with Crippen LogP contribution in [0.1, 0.15) is 0 Å². The second kappa shape index (κ2) is 6.85. The molecule has 0 atom stereocenters. The van der Waals surface area contributed by atoms with Gasteiger partial charge in [-0.2, -0.15) is 0 Å². The van der Waals surface area contributed by atoms with E-state index in [1.165, 1.54) is 6.33 Å². The molecule has 2 aromatic heterocycles. The lowest BCUT2D eigenvalue weighted by Crippen LogP contribution is -2.05. The topological polar surface area (TPSA) is 98.0 Å². The fraction of sp³-hybridized carbons (Fsp3) is 0.0556. The molecule has 4 aromatic rings. The molecule has 0 aliphatic heterocycles. The molecular weight excluding hydrogens is 348 g/mol. The highest BCUT2D eigenvalue weighted by Crippen LogP contribution is 2.32. The van der Waals surface area contributed by atoms with Crippen molar-refractivity contribution in [3.05, 3.63) is 54.9 Å². The number of nitrogens with one attached hydrogen (secondary N) is 2. The van der Waals surface area contributed by atoms with Gasteiger partial charge in [0.25, 0.3) is 0 Å². The summed E-state index contributed by atoms with van der Waals surface area (Å²) in [6, 6.07) is 15.4. The van der Waals surface area contributed by atoms with E-state index in [9.17, 15) is 0 Å². The summed E-state index contributed by atoms with van der Waals surface area (Å²) in [5, 5.41) is 7.09. The summed E-state index contributed by atoms with van der Waals surface area (Å²) >= 11 is 1.54. The van der Waals surface area contributed by atoms with Crippen LogP contribution in [0.5, 0.6) is 5.75 Å². The molecule has 130 valence electrons. The monoisotopic (exact) mass is 364 g/mol. The van der Waals surface area contributed by atoms with Crippen molar-refractivity contribution < 1.29 is 4.74 Å². The van der Waals surface area contributed by atoms with Crippen molar-refractivity contribution in [2.24, 2.45) is 0 Å². The number of anilines is 5. The van der Waals surface area contributed by atoms with Crippen LogP contribution in [0, 0.1) is 0 Å². The molecule has 8 heteroatoms. The molecule has 4 N–H and O–H groups in total. The fourth-order valence-corrected chi connectivity index (χ4v) is 3.30. The molecule has 0 fully saturated rings. The van der Waals surface area contributed by atoms with E-state index in [2.05, 4.69) is 25.6 Å². The number of fused-ring (bicyclic) bond motifs is 1. The molecule has 0 saturated carbocycles. The van der Waals surface area contributed by atoms with Gasteiger partial charge in [-0.15, -0.1) is 0 Å². The molecular formula is C18H16N6OS. The van der Waals surface area contributed by atoms with Gasteiger partial charge < -0.3 is 21.1 Å². The number of ether oxygens (including phenoxy) is 1. The lowest BCUT2D eigenvalue weighted by Gasteiger charge is -2.11. The van der Waals surface area contributed by atoms with Crippen LogP contribution in [0.2, 0.25) is 0 Å². The molecule has 0 amide bonds. The average molecular weight is 364 g/mol. The Hall–Kier alpha value is -3.39. The molecule has 7 nitrogen and oxygen atoms in total. The first-order valence-electron chi connectivity index (χ1n) is 7.87. The first-order valence-corrected chi connectivity index (χ1v) is 8.69. The Morgan fingerprint density at radius 2 is 1.69 bits per heavy atom. The van der Waals surface area contributed by atoms with Gasteiger partial charge in [0.15, 0.2) is 16.8 Å². The Morgan fingerprint density at radius 1 is 0.962 bits per heavy atom. The second-order valence-electron chi connectivity index (χ2n) is 5.45. The van der Waals surface area contributed by atoms with Crippen molar-refractivity contribution in [2.75, 3.05) is 23.5 Å². The number of rotatable bonds is 5. The summed E-state index contributed by atoms with van der Waals surface area (Å²) in [6.45, 7) is 0. The minimum absolute atomic E-state index is 0.419. The molecule has 0 unspecified atom stereocenters. The Kier molecular flexibility index (Phi) is 4.24. The average Bonchev–Trinajstić information content (AvgIpc) is 3.08. The van der Waals surface area contributed by atoms with Crippen molar-refractivity contribution in [3.8, 4) is 5.75 Å². The largest absolute Gasteiger partial charge is 0.497 e. The smallest absolute Gasteiger partial charge is 0.189 e. The van der Waals surface area contributed by atoms with E-state index in [0.717, 1.165) is 26.8 Å². The summed E-state index contributed by atoms with van der Waals surface area (Å²) in [5.41, 5.74) is 8.43. The van der Waals surface area contributed by atoms with Crippen LogP contribution in [0.3, 0.4) is 0 Å². The van der Waals surface area contributed by atoms with E-state index < -0.39 is 0 Å². The first-order chi connectivity index (χ1) is 12.7. The predicted octanol–water partition coefficient (Wildman–Crippen LogP) is 4.16. The normalized spacial score (nSPS) is 10.7. The number of benzene rings is 2. The third-order valence-electron chi connectivity index (χ3n) is 3.76. The van der Waals surface area contributed by atoms with Gasteiger partial charge in [0.05, 0.1) is 17.3 Å². The quantitative estimate of drug-likeness (QED) is 0.489. The number of methoxy groups -OCH3 is 1. The minimum Gasteiger partial charge on any atom is -0.497 e.